The molecule has 1 amide bonds. The summed E-state index contributed by atoms with van der Waals surface area (Å²) < 4.78 is 5.54. The lowest BCUT2D eigenvalue weighted by Gasteiger charge is -2.31. The third-order valence-corrected chi connectivity index (χ3v) is 2.72. The number of nitrogens with zero attached hydrogens (tertiary/aromatic N) is 3. The number of hydrogen-bond donors (Lipinski definition) is 0. The van der Waals surface area contributed by atoms with E-state index in [2.05, 4.69) is 4.79 Å². The van der Waals surface area contributed by atoms with Gasteiger partial charge in [-0.05, 0) is 20.3 Å². The molecule has 0 radical (unpaired) electrons. The lowest BCUT2D eigenvalue weighted by Crippen LogP contribution is -2.50. The van der Waals surface area contributed by atoms with Gasteiger partial charge in [0.25, 0.3) is 0 Å². The molecule has 0 aromatic heterocycles. The molecule has 0 N–H and O–H groups in total. The quantitative estimate of drug-likeness (QED) is 0.389. The lowest BCUT2D eigenvalue weighted by molar-refractivity contribution is -0.143. The van der Waals surface area contributed by atoms with Crippen LogP contribution in [0.3, 0.4) is 0 Å². The van der Waals surface area contributed by atoms with Crippen LogP contribution in [-0.2, 0) is 9.53 Å². The molecule has 1 saturated heterocycles. The monoisotopic (exact) mass is 211 g/mol. The molecule has 0 aromatic rings. The third kappa shape index (κ3) is 2.08. The average molecular weight is 211 g/mol. The molecule has 5 heteroatoms. The van der Waals surface area contributed by atoms with Crippen LogP contribution < -0.4 is 0 Å². The van der Waals surface area contributed by atoms with Crippen LogP contribution in [0.4, 0.5) is 0 Å². The Morgan fingerprint density at radius 2 is 2.27 bits per heavy atom. The van der Waals surface area contributed by atoms with Crippen LogP contribution in [0.15, 0.2) is 0 Å². The second-order valence-corrected chi connectivity index (χ2v) is 4.18. The highest BCUT2D eigenvalue weighted by Gasteiger charge is 2.45. The van der Waals surface area contributed by atoms with Crippen molar-refractivity contribution in [2.45, 2.75) is 45.9 Å². The van der Waals surface area contributed by atoms with Crippen molar-refractivity contribution in [2.75, 3.05) is 6.61 Å². The molecular formula is C10H17N3O2. The van der Waals surface area contributed by atoms with E-state index in [1.165, 1.54) is 6.92 Å². The van der Waals surface area contributed by atoms with Crippen molar-refractivity contribution in [1.82, 2.24) is 4.90 Å². The largest absolute Gasteiger partial charge is 0.361 e. The molecule has 15 heavy (non-hydrogen) atoms. The Hall–Kier alpha value is -1.19. The zero-order valence-electron chi connectivity index (χ0n) is 9.65. The fourth-order valence-electron chi connectivity index (χ4n) is 1.81. The van der Waals surface area contributed by atoms with E-state index in [1.54, 1.807) is 4.90 Å². The molecule has 0 spiro atoms. The maximum Gasteiger partial charge on any atom is 0.353 e. The summed E-state index contributed by atoms with van der Waals surface area (Å²) in [4.78, 5) is 16.5. The third-order valence-electron chi connectivity index (χ3n) is 2.72. The number of ether oxygens (including phenoxy) is 1. The van der Waals surface area contributed by atoms with Gasteiger partial charge in [0, 0.05) is 6.92 Å². The van der Waals surface area contributed by atoms with Crippen LogP contribution in [-0.4, -0.2) is 39.7 Å². The molecule has 0 aliphatic carbocycles. The van der Waals surface area contributed by atoms with Crippen molar-refractivity contribution in [3.8, 4) is 0 Å². The molecule has 1 aliphatic rings. The van der Waals surface area contributed by atoms with Gasteiger partial charge in [0.1, 0.15) is 5.72 Å². The molecule has 1 atom stereocenters. The predicted molar refractivity (Wildman–Crippen MR) is 55.3 cm³/mol. The molecule has 1 aliphatic heterocycles. The molecule has 1 heterocycles. The van der Waals surface area contributed by atoms with Crippen molar-refractivity contribution in [3.63, 3.8) is 0 Å². The molecular weight excluding hydrogens is 194 g/mol. The predicted octanol–water partition coefficient (Wildman–Crippen LogP) is 1.05. The first-order valence-electron chi connectivity index (χ1n) is 5.10. The highest BCUT2D eigenvalue weighted by molar-refractivity contribution is 6.35. The molecule has 1 rings (SSSR count). The Morgan fingerprint density at radius 1 is 1.67 bits per heavy atom. The zero-order chi connectivity index (χ0) is 11.6. The minimum atomic E-state index is -0.621. The number of rotatable bonds is 2. The van der Waals surface area contributed by atoms with Crippen LogP contribution in [0, 0.1) is 0 Å². The van der Waals surface area contributed by atoms with Crippen LogP contribution in [0.5, 0.6) is 0 Å². The summed E-state index contributed by atoms with van der Waals surface area (Å²) in [6, 6.07) is 0.0594. The maximum atomic E-state index is 11.9. The Balaban J connectivity index is 2.98. The molecule has 0 unspecified atom stereocenters. The van der Waals surface area contributed by atoms with E-state index in [-0.39, 0.29) is 17.7 Å². The van der Waals surface area contributed by atoms with Crippen molar-refractivity contribution < 1.29 is 14.3 Å². The number of carbonyl (C=O) groups excluding carboxylic acids is 1. The first-order chi connectivity index (χ1) is 6.94. The van der Waals surface area contributed by atoms with Gasteiger partial charge >= 0.3 is 11.6 Å². The number of hydrogen-bond acceptors (Lipinski definition) is 2. The summed E-state index contributed by atoms with van der Waals surface area (Å²) in [7, 11) is 0. The minimum absolute atomic E-state index is 0.0594. The maximum absolute atomic E-state index is 11.9. The summed E-state index contributed by atoms with van der Waals surface area (Å²) >= 11 is 0. The molecule has 0 aromatic carbocycles. The van der Waals surface area contributed by atoms with Crippen molar-refractivity contribution in [3.05, 3.63) is 5.53 Å². The van der Waals surface area contributed by atoms with E-state index in [9.17, 15) is 4.79 Å². The fraction of sp³-hybridized carbons (Fsp3) is 0.800. The highest BCUT2D eigenvalue weighted by atomic mass is 16.5. The molecule has 84 valence electrons. The van der Waals surface area contributed by atoms with Gasteiger partial charge in [-0.2, -0.15) is 4.79 Å². The SMILES string of the molecule is CC[C@H]1COC(C)(C)N1C(=O)C(C)=[N+]=[N-]. The number of amides is 1. The zero-order valence-corrected chi connectivity index (χ0v) is 9.65. The van der Waals surface area contributed by atoms with Gasteiger partial charge in [-0.15, -0.1) is 0 Å². The van der Waals surface area contributed by atoms with Gasteiger partial charge in [-0.1, -0.05) is 6.92 Å². The Kier molecular flexibility index (Phi) is 3.27. The molecule has 0 bridgehead atoms. The topological polar surface area (TPSA) is 65.9 Å². The smallest absolute Gasteiger partial charge is 0.353 e. The summed E-state index contributed by atoms with van der Waals surface area (Å²) in [6.07, 6.45) is 0.827. The van der Waals surface area contributed by atoms with Gasteiger partial charge in [0.15, 0.2) is 0 Å². The average Bonchev–Trinajstić information content (AvgIpc) is 2.51. The van der Waals surface area contributed by atoms with E-state index in [0.29, 0.717) is 6.61 Å². The van der Waals surface area contributed by atoms with Crippen molar-refractivity contribution >= 4 is 11.6 Å². The first kappa shape index (κ1) is 11.9. The second kappa shape index (κ2) is 4.13. The Morgan fingerprint density at radius 3 is 2.73 bits per heavy atom. The van der Waals surface area contributed by atoms with Gasteiger partial charge in [0.05, 0.1) is 12.6 Å². The van der Waals surface area contributed by atoms with Crippen LogP contribution >= 0.6 is 0 Å². The van der Waals surface area contributed by atoms with Crippen molar-refractivity contribution in [1.29, 1.82) is 0 Å². The van der Waals surface area contributed by atoms with Crippen molar-refractivity contribution in [2.24, 2.45) is 0 Å². The van der Waals surface area contributed by atoms with Gasteiger partial charge in [-0.25, -0.2) is 0 Å². The molecule has 1 fully saturated rings. The Bertz CT molecular complexity index is 319. The standard InChI is InChI=1S/C10H17N3O2/c1-5-8-6-15-10(3,4)13(8)9(14)7(2)12-11/h8H,5-6H2,1-4H3/t8-/m0/s1. The summed E-state index contributed by atoms with van der Waals surface area (Å²) in [6.45, 7) is 7.70. The summed E-state index contributed by atoms with van der Waals surface area (Å²) in [5.41, 5.74) is 8.06. The Labute approximate surface area is 89.6 Å². The van der Waals surface area contributed by atoms with E-state index in [0.717, 1.165) is 6.42 Å². The van der Waals surface area contributed by atoms with Crippen LogP contribution in [0.1, 0.15) is 34.1 Å². The van der Waals surface area contributed by atoms with E-state index < -0.39 is 5.72 Å². The van der Waals surface area contributed by atoms with Crippen LogP contribution in [0.2, 0.25) is 0 Å². The summed E-state index contributed by atoms with van der Waals surface area (Å²) in [5.74, 6) is -0.271. The van der Waals surface area contributed by atoms with E-state index in [4.69, 9.17) is 10.3 Å². The minimum Gasteiger partial charge on any atom is -0.361 e. The van der Waals surface area contributed by atoms with Gasteiger partial charge in [-0.3, -0.25) is 9.69 Å². The van der Waals surface area contributed by atoms with E-state index >= 15 is 0 Å². The highest BCUT2D eigenvalue weighted by Crippen LogP contribution is 2.28. The van der Waals surface area contributed by atoms with Gasteiger partial charge in [0.2, 0.25) is 0 Å². The van der Waals surface area contributed by atoms with E-state index in [1.807, 2.05) is 20.8 Å². The molecule has 5 nitrogen and oxygen atoms in total. The lowest BCUT2D eigenvalue weighted by atomic mass is 10.1. The normalized spacial score (nSPS) is 23.7. The fourth-order valence-corrected chi connectivity index (χ4v) is 1.81. The molecule has 0 saturated carbocycles. The summed E-state index contributed by atoms with van der Waals surface area (Å²) in [5, 5.41) is 0. The van der Waals surface area contributed by atoms with Crippen LogP contribution in [0.25, 0.3) is 5.53 Å². The second-order valence-electron chi connectivity index (χ2n) is 4.18. The van der Waals surface area contributed by atoms with Gasteiger partial charge < -0.3 is 10.3 Å². The number of carbonyl (C=O) groups is 1. The first-order valence-corrected chi connectivity index (χ1v) is 5.10.